The summed E-state index contributed by atoms with van der Waals surface area (Å²) in [7, 11) is 1.69. The second-order valence-corrected chi connectivity index (χ2v) is 5.97. The monoisotopic (exact) mass is 247 g/mol. The van der Waals surface area contributed by atoms with Gasteiger partial charge in [0.25, 0.3) is 0 Å². The highest BCUT2D eigenvalue weighted by atomic mass is 16.5. The zero-order valence-corrected chi connectivity index (χ0v) is 12.0. The van der Waals surface area contributed by atoms with Gasteiger partial charge in [-0.25, -0.2) is 0 Å². The molecule has 2 heteroatoms. The molecule has 1 saturated carbocycles. The van der Waals surface area contributed by atoms with Crippen LogP contribution in [0, 0.1) is 17.8 Å². The Morgan fingerprint density at radius 3 is 2.39 bits per heavy atom. The summed E-state index contributed by atoms with van der Waals surface area (Å²) in [5.41, 5.74) is 1.24. The molecule has 0 radical (unpaired) electrons. The third-order valence-electron chi connectivity index (χ3n) is 4.74. The van der Waals surface area contributed by atoms with Crippen LogP contribution >= 0.6 is 0 Å². The molecular formula is C16H25NO. The number of methoxy groups -OCH3 is 1. The van der Waals surface area contributed by atoms with Crippen LogP contribution in [0.4, 0.5) is 0 Å². The first-order valence-corrected chi connectivity index (χ1v) is 7.11. The Morgan fingerprint density at radius 2 is 1.78 bits per heavy atom. The summed E-state index contributed by atoms with van der Waals surface area (Å²) < 4.78 is 5.18. The molecule has 1 aliphatic carbocycles. The number of nitrogens with zero attached hydrogens (tertiary/aromatic N) is 1. The van der Waals surface area contributed by atoms with Crippen molar-refractivity contribution in [3.05, 3.63) is 24.0 Å². The van der Waals surface area contributed by atoms with Crippen molar-refractivity contribution >= 4 is 0 Å². The molecule has 2 unspecified atom stereocenters. The molecule has 0 aromatic carbocycles. The van der Waals surface area contributed by atoms with Crippen LogP contribution in [0.15, 0.2) is 18.3 Å². The molecule has 100 valence electrons. The zero-order chi connectivity index (χ0) is 13.1. The van der Waals surface area contributed by atoms with Crippen LogP contribution in [0.2, 0.25) is 0 Å². The second kappa shape index (κ2) is 5.73. The molecule has 0 bridgehead atoms. The van der Waals surface area contributed by atoms with Crippen LogP contribution in [-0.2, 0) is 0 Å². The fourth-order valence-electron chi connectivity index (χ4n) is 3.02. The maximum Gasteiger partial charge on any atom is 0.137 e. The van der Waals surface area contributed by atoms with Gasteiger partial charge < -0.3 is 4.74 Å². The molecule has 0 saturated heterocycles. The largest absolute Gasteiger partial charge is 0.495 e. The van der Waals surface area contributed by atoms with Gasteiger partial charge in [-0.1, -0.05) is 27.2 Å². The molecule has 1 fully saturated rings. The molecule has 18 heavy (non-hydrogen) atoms. The van der Waals surface area contributed by atoms with Crippen LogP contribution < -0.4 is 4.74 Å². The standard InChI is InChI=1S/C16H25NO/c1-11-5-6-12(2)15(9-13(11)3)16-8-7-14(18-4)10-17-16/h7-8,10-13,15H,5-6,9H2,1-4H3/t11?,12-,13?,15-/m0/s1. The van der Waals surface area contributed by atoms with Gasteiger partial charge in [-0.2, -0.15) is 0 Å². The number of rotatable bonds is 2. The predicted molar refractivity (Wildman–Crippen MR) is 74.9 cm³/mol. The van der Waals surface area contributed by atoms with Crippen molar-refractivity contribution in [3.63, 3.8) is 0 Å². The molecule has 1 aromatic rings. The third kappa shape index (κ3) is 2.85. The van der Waals surface area contributed by atoms with Gasteiger partial charge in [0.15, 0.2) is 0 Å². The van der Waals surface area contributed by atoms with Gasteiger partial charge in [0.2, 0.25) is 0 Å². The van der Waals surface area contributed by atoms with Crippen molar-refractivity contribution in [2.75, 3.05) is 7.11 Å². The van der Waals surface area contributed by atoms with Crippen molar-refractivity contribution in [2.45, 2.75) is 46.0 Å². The van der Waals surface area contributed by atoms with Crippen LogP contribution in [0.25, 0.3) is 0 Å². The lowest BCUT2D eigenvalue weighted by atomic mass is 9.83. The van der Waals surface area contributed by atoms with E-state index in [0.29, 0.717) is 5.92 Å². The molecule has 2 nitrogen and oxygen atoms in total. The smallest absolute Gasteiger partial charge is 0.137 e. The van der Waals surface area contributed by atoms with E-state index in [1.807, 2.05) is 12.3 Å². The van der Waals surface area contributed by atoms with Gasteiger partial charge in [-0.05, 0) is 42.7 Å². The molecule has 1 aromatic heterocycles. The average molecular weight is 247 g/mol. The molecular weight excluding hydrogens is 222 g/mol. The first-order valence-electron chi connectivity index (χ1n) is 7.11. The minimum Gasteiger partial charge on any atom is -0.495 e. The highest BCUT2D eigenvalue weighted by Crippen LogP contribution is 2.40. The topological polar surface area (TPSA) is 22.1 Å². The Balaban J connectivity index is 2.18. The highest BCUT2D eigenvalue weighted by molar-refractivity contribution is 5.22. The third-order valence-corrected chi connectivity index (χ3v) is 4.74. The first kappa shape index (κ1) is 13.4. The molecule has 1 aliphatic rings. The lowest BCUT2D eigenvalue weighted by Crippen LogP contribution is -2.13. The van der Waals surface area contributed by atoms with Crippen molar-refractivity contribution in [1.29, 1.82) is 0 Å². The molecule has 1 heterocycles. The minimum atomic E-state index is 0.607. The SMILES string of the molecule is COc1ccc([C@H]2CC(C)C(C)CC[C@@H]2C)nc1. The molecule has 4 atom stereocenters. The van der Waals surface area contributed by atoms with Crippen molar-refractivity contribution < 1.29 is 4.74 Å². The van der Waals surface area contributed by atoms with E-state index in [-0.39, 0.29) is 0 Å². The summed E-state index contributed by atoms with van der Waals surface area (Å²) in [5, 5.41) is 0. The van der Waals surface area contributed by atoms with E-state index >= 15 is 0 Å². The van der Waals surface area contributed by atoms with Crippen LogP contribution in [0.5, 0.6) is 5.75 Å². The Hall–Kier alpha value is -1.05. The summed E-state index contributed by atoms with van der Waals surface area (Å²) in [6.45, 7) is 7.15. The Kier molecular flexibility index (Phi) is 4.26. The number of hydrogen-bond acceptors (Lipinski definition) is 2. The van der Waals surface area contributed by atoms with Gasteiger partial charge >= 0.3 is 0 Å². The second-order valence-electron chi connectivity index (χ2n) is 5.97. The summed E-state index contributed by atoms with van der Waals surface area (Å²) >= 11 is 0. The number of aromatic nitrogens is 1. The molecule has 0 aliphatic heterocycles. The van der Waals surface area contributed by atoms with Gasteiger partial charge in [-0.15, -0.1) is 0 Å². The predicted octanol–water partition coefficient (Wildman–Crippen LogP) is 4.27. The van der Waals surface area contributed by atoms with E-state index in [1.54, 1.807) is 7.11 Å². The van der Waals surface area contributed by atoms with Gasteiger partial charge in [0.1, 0.15) is 5.75 Å². The van der Waals surface area contributed by atoms with E-state index in [0.717, 1.165) is 23.5 Å². The van der Waals surface area contributed by atoms with E-state index in [1.165, 1.54) is 25.0 Å². The van der Waals surface area contributed by atoms with Crippen molar-refractivity contribution in [1.82, 2.24) is 4.98 Å². The highest BCUT2D eigenvalue weighted by Gasteiger charge is 2.29. The van der Waals surface area contributed by atoms with Gasteiger partial charge in [-0.3, -0.25) is 4.98 Å². The molecule has 2 rings (SSSR count). The number of ether oxygens (including phenoxy) is 1. The van der Waals surface area contributed by atoms with E-state index in [4.69, 9.17) is 4.74 Å². The molecule has 0 N–H and O–H groups in total. The van der Waals surface area contributed by atoms with E-state index in [9.17, 15) is 0 Å². The Bertz CT molecular complexity index is 373. The van der Waals surface area contributed by atoms with Crippen LogP contribution in [0.3, 0.4) is 0 Å². The Labute approximate surface area is 111 Å². The fraction of sp³-hybridized carbons (Fsp3) is 0.688. The van der Waals surface area contributed by atoms with Gasteiger partial charge in [0, 0.05) is 11.6 Å². The summed E-state index contributed by atoms with van der Waals surface area (Å²) in [6.07, 6.45) is 5.79. The summed E-state index contributed by atoms with van der Waals surface area (Å²) in [5.74, 6) is 3.83. The fourth-order valence-corrected chi connectivity index (χ4v) is 3.02. The number of pyridine rings is 1. The normalized spacial score (nSPS) is 32.9. The van der Waals surface area contributed by atoms with Crippen molar-refractivity contribution in [2.24, 2.45) is 17.8 Å². The summed E-state index contributed by atoms with van der Waals surface area (Å²) in [6, 6.07) is 4.18. The van der Waals surface area contributed by atoms with Crippen LogP contribution in [0.1, 0.15) is 51.6 Å². The number of hydrogen-bond donors (Lipinski definition) is 0. The maximum atomic E-state index is 5.18. The lowest BCUT2D eigenvalue weighted by molar-refractivity contribution is 0.350. The average Bonchev–Trinajstić information content (AvgIpc) is 2.52. The van der Waals surface area contributed by atoms with Crippen LogP contribution in [-0.4, -0.2) is 12.1 Å². The quantitative estimate of drug-likeness (QED) is 0.728. The maximum absolute atomic E-state index is 5.18. The first-order chi connectivity index (χ1) is 8.61. The molecule has 0 amide bonds. The van der Waals surface area contributed by atoms with E-state index in [2.05, 4.69) is 31.8 Å². The van der Waals surface area contributed by atoms with E-state index < -0.39 is 0 Å². The van der Waals surface area contributed by atoms with Gasteiger partial charge in [0.05, 0.1) is 13.3 Å². The Morgan fingerprint density at radius 1 is 1.06 bits per heavy atom. The van der Waals surface area contributed by atoms with Crippen molar-refractivity contribution in [3.8, 4) is 5.75 Å². The zero-order valence-electron chi connectivity index (χ0n) is 12.0. The molecule has 0 spiro atoms. The summed E-state index contributed by atoms with van der Waals surface area (Å²) in [4.78, 5) is 4.60. The lowest BCUT2D eigenvalue weighted by Gasteiger charge is -2.23. The minimum absolute atomic E-state index is 0.607.